The Bertz CT molecular complexity index is 770. The topological polar surface area (TPSA) is 67.1 Å². The molecular formula is C22H35IN6. The number of nitrogens with one attached hydrogen (secondary N) is 2. The number of fused-ring (bicyclic) bond motifs is 1. The van der Waals surface area contributed by atoms with Crippen LogP contribution >= 0.6 is 24.0 Å². The Morgan fingerprint density at radius 3 is 2.69 bits per heavy atom. The summed E-state index contributed by atoms with van der Waals surface area (Å²) in [5.41, 5.74) is 2.67. The van der Waals surface area contributed by atoms with Crippen LogP contribution in [0.1, 0.15) is 62.3 Å². The van der Waals surface area contributed by atoms with Crippen molar-refractivity contribution >= 4 is 29.9 Å². The fraction of sp³-hybridized carbons (Fsp3) is 0.591. The number of nitrogens with zero attached hydrogens (tertiary/aromatic N) is 4. The van der Waals surface area contributed by atoms with Crippen LogP contribution in [0.3, 0.4) is 0 Å². The number of aryl methyl sites for hydroxylation is 3. The summed E-state index contributed by atoms with van der Waals surface area (Å²) in [6.45, 7) is 7.81. The van der Waals surface area contributed by atoms with E-state index in [9.17, 15) is 0 Å². The van der Waals surface area contributed by atoms with Crippen molar-refractivity contribution in [3.63, 3.8) is 0 Å². The van der Waals surface area contributed by atoms with Crippen LogP contribution in [0.25, 0.3) is 0 Å². The molecule has 0 radical (unpaired) electrons. The van der Waals surface area contributed by atoms with Crippen molar-refractivity contribution < 1.29 is 0 Å². The van der Waals surface area contributed by atoms with Gasteiger partial charge in [0.05, 0.1) is 6.54 Å². The lowest BCUT2D eigenvalue weighted by atomic mass is 10.1. The second-order valence-electron chi connectivity index (χ2n) is 7.34. The molecule has 0 fully saturated rings. The van der Waals surface area contributed by atoms with E-state index >= 15 is 0 Å². The summed E-state index contributed by atoms with van der Waals surface area (Å²) >= 11 is 0. The molecule has 0 saturated heterocycles. The maximum Gasteiger partial charge on any atom is 0.191 e. The van der Waals surface area contributed by atoms with Crippen LogP contribution in [-0.2, 0) is 32.4 Å². The number of halogens is 1. The second kappa shape index (κ2) is 12.8. The van der Waals surface area contributed by atoms with Gasteiger partial charge in [-0.15, -0.1) is 34.2 Å². The van der Waals surface area contributed by atoms with Crippen LogP contribution in [0.4, 0.5) is 0 Å². The van der Waals surface area contributed by atoms with Gasteiger partial charge in [-0.2, -0.15) is 0 Å². The minimum atomic E-state index is 0. The average molecular weight is 510 g/mol. The highest BCUT2D eigenvalue weighted by molar-refractivity contribution is 14.0. The van der Waals surface area contributed by atoms with Crippen LogP contribution < -0.4 is 10.6 Å². The van der Waals surface area contributed by atoms with Gasteiger partial charge in [0.2, 0.25) is 0 Å². The molecule has 6 nitrogen and oxygen atoms in total. The first-order valence-electron chi connectivity index (χ1n) is 10.8. The van der Waals surface area contributed by atoms with Crippen molar-refractivity contribution in [2.24, 2.45) is 4.99 Å². The molecule has 2 aromatic rings. The Hall–Kier alpha value is -1.64. The van der Waals surface area contributed by atoms with E-state index in [0.29, 0.717) is 6.54 Å². The standard InChI is InChI=1S/C22H34N6.HI/c1-3-18-11-7-8-12-19(18)17-25-22(23-4-2)24-15-10-14-21-27-26-20-13-6-5-9-16-28(20)21;/h7-8,11-12H,3-6,9-10,13-17H2,1-2H3,(H2,23,24,25);1H. The Morgan fingerprint density at radius 1 is 1.07 bits per heavy atom. The van der Waals surface area contributed by atoms with Crippen LogP contribution in [0.15, 0.2) is 29.3 Å². The molecule has 3 rings (SSSR count). The van der Waals surface area contributed by atoms with Crippen molar-refractivity contribution in [1.82, 2.24) is 25.4 Å². The van der Waals surface area contributed by atoms with E-state index in [-0.39, 0.29) is 24.0 Å². The molecular weight excluding hydrogens is 475 g/mol. The van der Waals surface area contributed by atoms with Crippen molar-refractivity contribution in [2.45, 2.75) is 71.9 Å². The van der Waals surface area contributed by atoms with Crippen LogP contribution in [0.2, 0.25) is 0 Å². The van der Waals surface area contributed by atoms with Crippen LogP contribution in [0, 0.1) is 0 Å². The smallest absolute Gasteiger partial charge is 0.191 e. The summed E-state index contributed by atoms with van der Waals surface area (Å²) < 4.78 is 2.34. The molecule has 0 spiro atoms. The van der Waals surface area contributed by atoms with E-state index in [1.54, 1.807) is 0 Å². The number of benzene rings is 1. The molecule has 0 amide bonds. The van der Waals surface area contributed by atoms with E-state index in [4.69, 9.17) is 4.99 Å². The maximum absolute atomic E-state index is 4.77. The largest absolute Gasteiger partial charge is 0.357 e. The summed E-state index contributed by atoms with van der Waals surface area (Å²) in [6, 6.07) is 8.54. The molecule has 1 aromatic heterocycles. The van der Waals surface area contributed by atoms with Crippen molar-refractivity contribution in [1.29, 1.82) is 0 Å². The van der Waals surface area contributed by atoms with Gasteiger partial charge in [0, 0.05) is 32.5 Å². The van der Waals surface area contributed by atoms with Gasteiger partial charge < -0.3 is 15.2 Å². The molecule has 1 aliphatic heterocycles. The predicted octanol–water partition coefficient (Wildman–Crippen LogP) is 3.87. The molecule has 2 N–H and O–H groups in total. The second-order valence-corrected chi connectivity index (χ2v) is 7.34. The Morgan fingerprint density at radius 2 is 1.90 bits per heavy atom. The number of aliphatic imine (C=N–C) groups is 1. The van der Waals surface area contributed by atoms with Gasteiger partial charge in [-0.1, -0.05) is 37.6 Å². The fourth-order valence-electron chi connectivity index (χ4n) is 3.75. The average Bonchev–Trinajstić information content (AvgIpc) is 2.95. The third-order valence-electron chi connectivity index (χ3n) is 5.31. The molecule has 0 unspecified atom stereocenters. The van der Waals surface area contributed by atoms with E-state index in [2.05, 4.69) is 63.5 Å². The Labute approximate surface area is 192 Å². The van der Waals surface area contributed by atoms with Gasteiger partial charge in [0.15, 0.2) is 5.96 Å². The number of hydrogen-bond donors (Lipinski definition) is 2. The highest BCUT2D eigenvalue weighted by atomic mass is 127. The zero-order valence-corrected chi connectivity index (χ0v) is 20.1. The van der Waals surface area contributed by atoms with Crippen molar-refractivity contribution in [3.8, 4) is 0 Å². The molecule has 1 aromatic carbocycles. The van der Waals surface area contributed by atoms with E-state index in [1.165, 1.54) is 36.2 Å². The maximum atomic E-state index is 4.77. The predicted molar refractivity (Wildman–Crippen MR) is 130 cm³/mol. The minimum absolute atomic E-state index is 0. The summed E-state index contributed by atoms with van der Waals surface area (Å²) in [6.07, 6.45) is 7.87. The molecule has 0 bridgehead atoms. The number of guanidine groups is 1. The van der Waals surface area contributed by atoms with Crippen molar-refractivity contribution in [3.05, 3.63) is 47.0 Å². The first kappa shape index (κ1) is 23.6. The molecule has 0 saturated carbocycles. The fourth-order valence-corrected chi connectivity index (χ4v) is 3.75. The lowest BCUT2D eigenvalue weighted by Gasteiger charge is -2.12. The Kier molecular flexibility index (Phi) is 10.5. The van der Waals surface area contributed by atoms with Crippen molar-refractivity contribution in [2.75, 3.05) is 13.1 Å². The summed E-state index contributed by atoms with van der Waals surface area (Å²) in [7, 11) is 0. The van der Waals surface area contributed by atoms with E-state index in [1.807, 2.05) is 0 Å². The summed E-state index contributed by atoms with van der Waals surface area (Å²) in [5.74, 6) is 3.19. The molecule has 0 aliphatic carbocycles. The SMILES string of the molecule is CCNC(=NCc1ccccc1CC)NCCCc1nnc2n1CCCCC2.I. The molecule has 0 atom stereocenters. The van der Waals surface area contributed by atoms with Gasteiger partial charge in [-0.3, -0.25) is 0 Å². The lowest BCUT2D eigenvalue weighted by Crippen LogP contribution is -2.38. The number of aromatic nitrogens is 3. The lowest BCUT2D eigenvalue weighted by molar-refractivity contribution is 0.594. The minimum Gasteiger partial charge on any atom is -0.357 e. The van der Waals surface area contributed by atoms with E-state index in [0.717, 1.165) is 57.1 Å². The van der Waals surface area contributed by atoms with Gasteiger partial charge in [0.25, 0.3) is 0 Å². The monoisotopic (exact) mass is 510 g/mol. The highest BCUT2D eigenvalue weighted by Gasteiger charge is 2.14. The first-order valence-corrected chi connectivity index (χ1v) is 10.8. The van der Waals surface area contributed by atoms with Crippen LogP contribution in [0.5, 0.6) is 0 Å². The highest BCUT2D eigenvalue weighted by Crippen LogP contribution is 2.15. The number of hydrogen-bond acceptors (Lipinski definition) is 3. The zero-order chi connectivity index (χ0) is 19.6. The first-order chi connectivity index (χ1) is 13.8. The Balaban J connectivity index is 0.00000300. The summed E-state index contributed by atoms with van der Waals surface area (Å²) in [5, 5.41) is 15.6. The third kappa shape index (κ3) is 6.97. The normalized spacial score (nSPS) is 13.9. The molecule has 1 aliphatic rings. The molecule has 160 valence electrons. The molecule has 29 heavy (non-hydrogen) atoms. The molecule has 2 heterocycles. The van der Waals surface area contributed by atoms with Gasteiger partial charge in [0.1, 0.15) is 11.6 Å². The molecule has 7 heteroatoms. The van der Waals surface area contributed by atoms with Crippen LogP contribution in [-0.4, -0.2) is 33.8 Å². The quantitative estimate of drug-likeness (QED) is 0.245. The third-order valence-corrected chi connectivity index (χ3v) is 5.31. The summed E-state index contributed by atoms with van der Waals surface area (Å²) in [4.78, 5) is 4.77. The van der Waals surface area contributed by atoms with Gasteiger partial charge in [-0.05, 0) is 43.7 Å². The number of rotatable bonds is 8. The zero-order valence-electron chi connectivity index (χ0n) is 17.8. The van der Waals surface area contributed by atoms with Gasteiger partial charge in [-0.25, -0.2) is 4.99 Å². The van der Waals surface area contributed by atoms with Gasteiger partial charge >= 0.3 is 0 Å². The van der Waals surface area contributed by atoms with E-state index < -0.39 is 0 Å².